The molecular formula is C11H10O. The van der Waals surface area contributed by atoms with Crippen LogP contribution >= 0.6 is 0 Å². The Bertz CT molecular complexity index is 367. The van der Waals surface area contributed by atoms with Gasteiger partial charge in [-0.2, -0.15) is 0 Å². The summed E-state index contributed by atoms with van der Waals surface area (Å²) < 4.78 is 5.82. The second kappa shape index (κ2) is 1.80. The van der Waals surface area contributed by atoms with Gasteiger partial charge in [-0.1, -0.05) is 30.3 Å². The Morgan fingerprint density at radius 1 is 1.33 bits per heavy atom. The summed E-state index contributed by atoms with van der Waals surface area (Å²) >= 11 is 0. The minimum absolute atomic E-state index is 0.138. The number of fused-ring (bicyclic) bond motifs is 5. The highest BCUT2D eigenvalue weighted by atomic mass is 16.5. The molecule has 2 heterocycles. The van der Waals surface area contributed by atoms with Crippen LogP contribution in [0.3, 0.4) is 0 Å². The van der Waals surface area contributed by atoms with Gasteiger partial charge in [-0.05, 0) is 24.1 Å². The van der Waals surface area contributed by atoms with E-state index in [0.29, 0.717) is 0 Å². The molecule has 1 aromatic rings. The second-order valence-corrected chi connectivity index (χ2v) is 3.59. The van der Waals surface area contributed by atoms with Crippen molar-refractivity contribution in [3.8, 4) is 0 Å². The van der Waals surface area contributed by atoms with Gasteiger partial charge >= 0.3 is 0 Å². The zero-order valence-electron chi connectivity index (χ0n) is 6.95. The zero-order valence-corrected chi connectivity index (χ0v) is 6.95. The van der Waals surface area contributed by atoms with E-state index in [1.165, 1.54) is 11.1 Å². The van der Waals surface area contributed by atoms with Crippen molar-refractivity contribution in [2.45, 2.75) is 18.6 Å². The second-order valence-electron chi connectivity index (χ2n) is 3.59. The summed E-state index contributed by atoms with van der Waals surface area (Å²) in [5.41, 5.74) is 2.53. The average Bonchev–Trinajstić information content (AvgIpc) is 2.60. The quantitative estimate of drug-likeness (QED) is 0.527. The van der Waals surface area contributed by atoms with Crippen LogP contribution in [0.1, 0.15) is 24.2 Å². The summed E-state index contributed by atoms with van der Waals surface area (Å²) in [7, 11) is 0. The summed E-state index contributed by atoms with van der Waals surface area (Å²) in [6.07, 6.45) is 4.51. The molecule has 0 aliphatic carbocycles. The smallest absolute Gasteiger partial charge is 0.110 e. The van der Waals surface area contributed by atoms with E-state index < -0.39 is 0 Å². The first-order valence-corrected chi connectivity index (χ1v) is 4.26. The van der Waals surface area contributed by atoms with Crippen molar-refractivity contribution < 1.29 is 4.74 Å². The monoisotopic (exact) mass is 158 g/mol. The van der Waals surface area contributed by atoms with E-state index in [1.54, 1.807) is 0 Å². The maximum absolute atomic E-state index is 5.82. The molecule has 0 amide bonds. The number of hydrogen-bond donors (Lipinski definition) is 0. The lowest BCUT2D eigenvalue weighted by atomic mass is 9.89. The Labute approximate surface area is 71.7 Å². The molecule has 2 bridgehead atoms. The summed E-state index contributed by atoms with van der Waals surface area (Å²) in [4.78, 5) is 0. The fourth-order valence-electron chi connectivity index (χ4n) is 2.13. The summed E-state index contributed by atoms with van der Waals surface area (Å²) in [6, 6.07) is 8.44. The van der Waals surface area contributed by atoms with E-state index in [4.69, 9.17) is 4.74 Å². The van der Waals surface area contributed by atoms with Crippen LogP contribution in [0.25, 0.3) is 0 Å². The van der Waals surface area contributed by atoms with Gasteiger partial charge in [-0.15, -0.1) is 0 Å². The molecule has 2 atom stereocenters. The molecule has 2 aliphatic rings. The summed E-state index contributed by atoms with van der Waals surface area (Å²) in [5, 5.41) is 0. The van der Waals surface area contributed by atoms with Crippen LogP contribution in [0.15, 0.2) is 36.4 Å². The Kier molecular flexibility index (Phi) is 0.968. The molecule has 1 aromatic carbocycles. The molecule has 0 fully saturated rings. The van der Waals surface area contributed by atoms with Crippen LogP contribution in [0.4, 0.5) is 0 Å². The third kappa shape index (κ3) is 0.585. The highest BCUT2D eigenvalue weighted by Gasteiger charge is 2.42. The molecule has 0 saturated carbocycles. The molecule has 0 radical (unpaired) electrons. The molecule has 2 unspecified atom stereocenters. The molecule has 2 aliphatic heterocycles. The SMILES string of the molecule is CC12C=CC(O1)c1ccccc12. The lowest BCUT2D eigenvalue weighted by Gasteiger charge is -2.17. The fourth-order valence-corrected chi connectivity index (χ4v) is 2.13. The molecule has 60 valence electrons. The normalized spacial score (nSPS) is 35.6. The summed E-state index contributed by atoms with van der Waals surface area (Å²) in [6.45, 7) is 2.12. The van der Waals surface area contributed by atoms with Gasteiger partial charge in [0.2, 0.25) is 0 Å². The van der Waals surface area contributed by atoms with E-state index in [1.807, 2.05) is 0 Å². The van der Waals surface area contributed by atoms with Gasteiger partial charge in [0.1, 0.15) is 11.7 Å². The largest absolute Gasteiger partial charge is 0.354 e. The minimum atomic E-state index is -0.138. The van der Waals surface area contributed by atoms with E-state index in [9.17, 15) is 0 Å². The molecule has 0 saturated heterocycles. The van der Waals surface area contributed by atoms with E-state index in [-0.39, 0.29) is 11.7 Å². The first-order chi connectivity index (χ1) is 5.80. The standard InChI is InChI=1S/C11H10O/c1-11-7-6-10(12-11)8-4-2-3-5-9(8)11/h2-7,10H,1H3. The van der Waals surface area contributed by atoms with Crippen LogP contribution in [0, 0.1) is 0 Å². The lowest BCUT2D eigenvalue weighted by molar-refractivity contribution is 0.0113. The van der Waals surface area contributed by atoms with Crippen molar-refractivity contribution in [2.75, 3.05) is 0 Å². The Hall–Kier alpha value is -1.08. The predicted octanol–water partition coefficient (Wildman–Crippen LogP) is 2.54. The van der Waals surface area contributed by atoms with Crippen molar-refractivity contribution in [3.63, 3.8) is 0 Å². The van der Waals surface area contributed by atoms with Gasteiger partial charge in [-0.25, -0.2) is 0 Å². The zero-order chi connectivity index (χ0) is 8.18. The fraction of sp³-hybridized carbons (Fsp3) is 0.273. The molecule has 3 rings (SSSR count). The van der Waals surface area contributed by atoms with E-state index >= 15 is 0 Å². The van der Waals surface area contributed by atoms with Crippen LogP contribution in [-0.2, 0) is 10.3 Å². The molecule has 0 N–H and O–H groups in total. The van der Waals surface area contributed by atoms with Crippen molar-refractivity contribution in [1.29, 1.82) is 0 Å². The predicted molar refractivity (Wildman–Crippen MR) is 46.8 cm³/mol. The van der Waals surface area contributed by atoms with Gasteiger partial charge < -0.3 is 4.74 Å². The first-order valence-electron chi connectivity index (χ1n) is 4.26. The van der Waals surface area contributed by atoms with Crippen molar-refractivity contribution >= 4 is 0 Å². The number of ether oxygens (including phenoxy) is 1. The molecule has 0 spiro atoms. The van der Waals surface area contributed by atoms with Gasteiger partial charge in [0.25, 0.3) is 0 Å². The highest BCUT2D eigenvalue weighted by molar-refractivity contribution is 5.46. The molecular weight excluding hydrogens is 148 g/mol. The maximum Gasteiger partial charge on any atom is 0.110 e. The average molecular weight is 158 g/mol. The number of benzene rings is 1. The Morgan fingerprint density at radius 2 is 2.17 bits per heavy atom. The maximum atomic E-state index is 5.82. The van der Waals surface area contributed by atoms with Crippen molar-refractivity contribution in [3.05, 3.63) is 47.5 Å². The van der Waals surface area contributed by atoms with Gasteiger partial charge in [0.05, 0.1) is 0 Å². The number of rotatable bonds is 0. The molecule has 1 heteroatoms. The van der Waals surface area contributed by atoms with Crippen LogP contribution < -0.4 is 0 Å². The van der Waals surface area contributed by atoms with Crippen molar-refractivity contribution in [1.82, 2.24) is 0 Å². The number of hydrogen-bond acceptors (Lipinski definition) is 1. The lowest BCUT2D eigenvalue weighted by Crippen LogP contribution is -2.14. The van der Waals surface area contributed by atoms with Crippen molar-refractivity contribution in [2.24, 2.45) is 0 Å². The van der Waals surface area contributed by atoms with Crippen LogP contribution in [-0.4, -0.2) is 0 Å². The Balaban J connectivity index is 2.31. The molecule has 1 nitrogen and oxygen atoms in total. The third-order valence-corrected chi connectivity index (χ3v) is 2.76. The first kappa shape index (κ1) is 6.44. The van der Waals surface area contributed by atoms with E-state index in [2.05, 4.69) is 43.3 Å². The summed E-state index contributed by atoms with van der Waals surface area (Å²) in [5.74, 6) is 0. The highest BCUT2D eigenvalue weighted by Crippen LogP contribution is 2.49. The third-order valence-electron chi connectivity index (χ3n) is 2.76. The van der Waals surface area contributed by atoms with Gasteiger partial charge in [0, 0.05) is 0 Å². The van der Waals surface area contributed by atoms with Gasteiger partial charge in [-0.3, -0.25) is 0 Å². The minimum Gasteiger partial charge on any atom is -0.354 e. The van der Waals surface area contributed by atoms with Crippen LogP contribution in [0.5, 0.6) is 0 Å². The Morgan fingerprint density at radius 3 is 3.00 bits per heavy atom. The molecule has 0 aromatic heterocycles. The topological polar surface area (TPSA) is 9.23 Å². The molecule has 12 heavy (non-hydrogen) atoms. The van der Waals surface area contributed by atoms with E-state index in [0.717, 1.165) is 0 Å². The van der Waals surface area contributed by atoms with Crippen LogP contribution in [0.2, 0.25) is 0 Å². The van der Waals surface area contributed by atoms with Gasteiger partial charge in [0.15, 0.2) is 0 Å².